The molecule has 0 aromatic heterocycles. The van der Waals surface area contributed by atoms with Gasteiger partial charge in [0.05, 0.1) is 6.04 Å². The Hall–Kier alpha value is -1.46. The fourth-order valence-electron chi connectivity index (χ4n) is 0.818. The monoisotopic (exact) mass is 233 g/mol. The van der Waals surface area contributed by atoms with E-state index in [9.17, 15) is 9.59 Å². The van der Waals surface area contributed by atoms with Gasteiger partial charge in [-0.1, -0.05) is 0 Å². The van der Waals surface area contributed by atoms with Crippen LogP contribution < -0.4 is 0 Å². The number of ether oxygens (including phenoxy) is 2. The van der Waals surface area contributed by atoms with Crippen LogP contribution in [0.5, 0.6) is 0 Å². The zero-order valence-electron chi connectivity index (χ0n) is 10.3. The normalized spacial score (nSPS) is 12.8. The summed E-state index contributed by atoms with van der Waals surface area (Å²) >= 11 is 0. The number of hydrogen-bond donors (Lipinski definition) is 1. The van der Waals surface area contributed by atoms with E-state index in [4.69, 9.17) is 9.84 Å². The van der Waals surface area contributed by atoms with Crippen LogP contribution in [-0.2, 0) is 9.47 Å². The molecule has 16 heavy (non-hydrogen) atoms. The van der Waals surface area contributed by atoms with Gasteiger partial charge < -0.3 is 19.5 Å². The van der Waals surface area contributed by atoms with Crippen molar-refractivity contribution in [3.8, 4) is 0 Å². The predicted molar refractivity (Wildman–Crippen MR) is 57.4 cm³/mol. The van der Waals surface area contributed by atoms with Gasteiger partial charge in [0.2, 0.25) is 0 Å². The second kappa shape index (κ2) is 5.58. The lowest BCUT2D eigenvalue weighted by Gasteiger charge is -2.28. The Kier molecular flexibility index (Phi) is 5.07. The molecule has 0 radical (unpaired) electrons. The number of hydrogen-bond acceptors (Lipinski definition) is 4. The minimum atomic E-state index is -1.36. The van der Waals surface area contributed by atoms with Gasteiger partial charge in [0, 0.05) is 7.05 Å². The summed E-state index contributed by atoms with van der Waals surface area (Å²) in [6.45, 7) is 6.88. The molecule has 0 aromatic rings. The smallest absolute Gasteiger partial charge is 0.450 e. The molecule has 0 aliphatic heterocycles. The van der Waals surface area contributed by atoms with Gasteiger partial charge >= 0.3 is 12.2 Å². The van der Waals surface area contributed by atoms with Crippen molar-refractivity contribution in [2.24, 2.45) is 0 Å². The summed E-state index contributed by atoms with van der Waals surface area (Å²) in [7, 11) is 1.53. The molecule has 0 aromatic carbocycles. The van der Waals surface area contributed by atoms with Crippen LogP contribution in [0.4, 0.5) is 9.59 Å². The number of carbonyl (C=O) groups excluding carboxylic acids is 1. The summed E-state index contributed by atoms with van der Waals surface area (Å²) in [5, 5.41) is 8.31. The number of rotatable bonds is 3. The molecular weight excluding hydrogens is 214 g/mol. The van der Waals surface area contributed by atoms with E-state index in [0.717, 1.165) is 0 Å². The molecule has 0 aliphatic carbocycles. The molecule has 0 aliphatic rings. The molecule has 0 fully saturated rings. The second-order valence-electron chi connectivity index (χ2n) is 4.52. The van der Waals surface area contributed by atoms with Crippen LogP contribution in [0.1, 0.15) is 27.7 Å². The first-order valence-corrected chi connectivity index (χ1v) is 4.95. The predicted octanol–water partition coefficient (Wildman–Crippen LogP) is 1.94. The molecule has 1 atom stereocenters. The molecular formula is C10H19NO5. The van der Waals surface area contributed by atoms with E-state index in [0.29, 0.717) is 0 Å². The zero-order chi connectivity index (χ0) is 12.9. The highest BCUT2D eigenvalue weighted by Crippen LogP contribution is 2.10. The minimum absolute atomic E-state index is 0.0783. The molecule has 1 unspecified atom stereocenters. The van der Waals surface area contributed by atoms with Crippen molar-refractivity contribution >= 4 is 12.2 Å². The van der Waals surface area contributed by atoms with Crippen molar-refractivity contribution in [3.05, 3.63) is 0 Å². The molecule has 94 valence electrons. The number of amides is 1. The highest BCUT2D eigenvalue weighted by Gasteiger charge is 2.23. The number of carbonyl (C=O) groups is 2. The standard InChI is InChI=1S/C10H19NO5/c1-7(6-15-9(13)14)11(5)8(12)16-10(2,3)4/h7H,6H2,1-5H3,(H,13,14). The maximum Gasteiger partial charge on any atom is 0.505 e. The highest BCUT2D eigenvalue weighted by atomic mass is 16.7. The van der Waals surface area contributed by atoms with Crippen LogP contribution in [0.2, 0.25) is 0 Å². The summed E-state index contributed by atoms with van der Waals surface area (Å²) in [6, 6.07) is -0.369. The van der Waals surface area contributed by atoms with Gasteiger partial charge in [-0.15, -0.1) is 0 Å². The third-order valence-corrected chi connectivity index (χ3v) is 1.79. The van der Waals surface area contributed by atoms with Gasteiger partial charge in [-0.3, -0.25) is 0 Å². The maximum absolute atomic E-state index is 11.5. The Morgan fingerprint density at radius 2 is 1.88 bits per heavy atom. The van der Waals surface area contributed by atoms with E-state index in [-0.39, 0.29) is 12.6 Å². The molecule has 6 heteroatoms. The van der Waals surface area contributed by atoms with Crippen LogP contribution in [0, 0.1) is 0 Å². The van der Waals surface area contributed by atoms with Crippen LogP contribution in [0.15, 0.2) is 0 Å². The lowest BCUT2D eigenvalue weighted by Crippen LogP contribution is -2.41. The fourth-order valence-corrected chi connectivity index (χ4v) is 0.818. The van der Waals surface area contributed by atoms with Crippen molar-refractivity contribution < 1.29 is 24.2 Å². The van der Waals surface area contributed by atoms with Gasteiger partial charge in [0.25, 0.3) is 0 Å². The molecule has 0 spiro atoms. The highest BCUT2D eigenvalue weighted by molar-refractivity contribution is 5.68. The lowest BCUT2D eigenvalue weighted by atomic mass is 10.2. The van der Waals surface area contributed by atoms with Crippen LogP contribution in [0.3, 0.4) is 0 Å². The van der Waals surface area contributed by atoms with Gasteiger partial charge in [0.1, 0.15) is 12.2 Å². The summed E-state index contributed by atoms with van der Waals surface area (Å²) in [5.41, 5.74) is -0.571. The maximum atomic E-state index is 11.5. The number of nitrogens with zero attached hydrogens (tertiary/aromatic N) is 1. The third-order valence-electron chi connectivity index (χ3n) is 1.79. The molecule has 1 amide bonds. The topological polar surface area (TPSA) is 76.1 Å². The fraction of sp³-hybridized carbons (Fsp3) is 0.800. The molecule has 0 saturated heterocycles. The Labute approximate surface area is 95.1 Å². The third kappa shape index (κ3) is 6.10. The van der Waals surface area contributed by atoms with Crippen molar-refractivity contribution in [2.75, 3.05) is 13.7 Å². The van der Waals surface area contributed by atoms with Crippen LogP contribution >= 0.6 is 0 Å². The van der Waals surface area contributed by atoms with E-state index in [2.05, 4.69) is 4.74 Å². The van der Waals surface area contributed by atoms with Crippen molar-refractivity contribution in [3.63, 3.8) is 0 Å². The summed E-state index contributed by atoms with van der Waals surface area (Å²) in [5.74, 6) is 0. The Bertz CT molecular complexity index is 258. The summed E-state index contributed by atoms with van der Waals surface area (Å²) < 4.78 is 9.48. The van der Waals surface area contributed by atoms with Crippen molar-refractivity contribution in [2.45, 2.75) is 39.3 Å². The quantitative estimate of drug-likeness (QED) is 0.754. The Balaban J connectivity index is 4.16. The molecule has 0 bridgehead atoms. The zero-order valence-corrected chi connectivity index (χ0v) is 10.3. The first kappa shape index (κ1) is 14.5. The largest absolute Gasteiger partial charge is 0.505 e. The van der Waals surface area contributed by atoms with Crippen molar-refractivity contribution in [1.82, 2.24) is 4.90 Å². The molecule has 0 rings (SSSR count). The Morgan fingerprint density at radius 1 is 1.38 bits per heavy atom. The van der Waals surface area contributed by atoms with E-state index >= 15 is 0 Å². The molecule has 0 saturated carbocycles. The van der Waals surface area contributed by atoms with Crippen molar-refractivity contribution in [1.29, 1.82) is 0 Å². The van der Waals surface area contributed by atoms with E-state index in [1.807, 2.05) is 0 Å². The minimum Gasteiger partial charge on any atom is -0.450 e. The summed E-state index contributed by atoms with van der Waals surface area (Å²) in [4.78, 5) is 23.0. The van der Waals surface area contributed by atoms with Gasteiger partial charge in [0.15, 0.2) is 0 Å². The molecule has 0 heterocycles. The molecule has 1 N–H and O–H groups in total. The number of carboxylic acid groups (broad SMARTS) is 1. The average Bonchev–Trinajstić information content (AvgIpc) is 2.10. The lowest BCUT2D eigenvalue weighted by molar-refractivity contribution is 0.0127. The van der Waals surface area contributed by atoms with E-state index in [1.54, 1.807) is 27.7 Å². The first-order chi connectivity index (χ1) is 7.13. The van der Waals surface area contributed by atoms with Crippen LogP contribution in [-0.4, -0.2) is 47.6 Å². The van der Waals surface area contributed by atoms with Gasteiger partial charge in [-0.05, 0) is 27.7 Å². The second-order valence-corrected chi connectivity index (χ2v) is 4.52. The van der Waals surface area contributed by atoms with E-state index in [1.165, 1.54) is 11.9 Å². The Morgan fingerprint density at radius 3 is 2.25 bits per heavy atom. The SMILES string of the molecule is CC(COC(=O)O)N(C)C(=O)OC(C)(C)C. The first-order valence-electron chi connectivity index (χ1n) is 4.95. The summed E-state index contributed by atoms with van der Waals surface area (Å²) in [6.07, 6.45) is -1.86. The van der Waals surface area contributed by atoms with Gasteiger partial charge in [-0.25, -0.2) is 9.59 Å². The average molecular weight is 233 g/mol. The van der Waals surface area contributed by atoms with E-state index < -0.39 is 17.8 Å². The van der Waals surface area contributed by atoms with Gasteiger partial charge in [-0.2, -0.15) is 0 Å². The number of likely N-dealkylation sites (N-methyl/N-ethyl adjacent to an activating group) is 1. The van der Waals surface area contributed by atoms with Crippen LogP contribution in [0.25, 0.3) is 0 Å². The molecule has 6 nitrogen and oxygen atoms in total.